The van der Waals surface area contributed by atoms with E-state index < -0.39 is 11.8 Å². The van der Waals surface area contributed by atoms with E-state index in [-0.39, 0.29) is 5.69 Å². The molecule has 0 spiro atoms. The predicted molar refractivity (Wildman–Crippen MR) is 53.9 cm³/mol. The molecule has 0 saturated heterocycles. The zero-order valence-electron chi connectivity index (χ0n) is 7.30. The zero-order valence-corrected chi connectivity index (χ0v) is 8.89. The van der Waals surface area contributed by atoms with Crippen molar-refractivity contribution in [1.82, 2.24) is 0 Å². The molecule has 0 aliphatic heterocycles. The maximum Gasteiger partial charge on any atom is 0.316 e. The third kappa shape index (κ3) is 2.14. The number of halogens is 2. The maximum atomic E-state index is 13.2. The number of primary amides is 1. The fraction of sp³-hybridized carbons (Fsp3) is 0.125. The molecule has 6 heteroatoms. The van der Waals surface area contributed by atoms with Gasteiger partial charge < -0.3 is 15.8 Å². The standard InChI is InChI=1S/C8H8BrFN2O2/c1-14-5-3-2-4(10)7(6(5)9)12-8(11)13/h2-3H,1H3,(H3,11,12,13). The van der Waals surface area contributed by atoms with Crippen LogP contribution in [-0.2, 0) is 0 Å². The highest BCUT2D eigenvalue weighted by molar-refractivity contribution is 9.10. The van der Waals surface area contributed by atoms with Crippen LogP contribution in [0.2, 0.25) is 0 Å². The Hall–Kier alpha value is -1.30. The van der Waals surface area contributed by atoms with Gasteiger partial charge in [-0.25, -0.2) is 9.18 Å². The number of hydrogen-bond donors (Lipinski definition) is 2. The summed E-state index contributed by atoms with van der Waals surface area (Å²) in [4.78, 5) is 10.6. The first-order valence-corrected chi connectivity index (χ1v) is 4.44. The van der Waals surface area contributed by atoms with Gasteiger partial charge in [0, 0.05) is 0 Å². The highest BCUT2D eigenvalue weighted by Crippen LogP contribution is 2.34. The van der Waals surface area contributed by atoms with Gasteiger partial charge in [0.05, 0.1) is 17.3 Å². The topological polar surface area (TPSA) is 64.3 Å². The SMILES string of the molecule is COc1ccc(F)c(NC(N)=O)c1Br. The number of methoxy groups -OCH3 is 1. The summed E-state index contributed by atoms with van der Waals surface area (Å²) in [5.41, 5.74) is 4.84. The van der Waals surface area contributed by atoms with Crippen molar-refractivity contribution >= 4 is 27.6 Å². The number of urea groups is 1. The van der Waals surface area contributed by atoms with Crippen LogP contribution < -0.4 is 15.8 Å². The van der Waals surface area contributed by atoms with E-state index >= 15 is 0 Å². The summed E-state index contributed by atoms with van der Waals surface area (Å²) < 4.78 is 18.4. The molecule has 0 saturated carbocycles. The molecule has 0 unspecified atom stereocenters. The van der Waals surface area contributed by atoms with Gasteiger partial charge in [-0.05, 0) is 28.1 Å². The molecule has 0 bridgehead atoms. The van der Waals surface area contributed by atoms with Gasteiger partial charge in [0.25, 0.3) is 0 Å². The highest BCUT2D eigenvalue weighted by Gasteiger charge is 2.12. The molecule has 0 fully saturated rings. The number of nitrogens with one attached hydrogen (secondary N) is 1. The molecule has 1 rings (SSSR count). The quantitative estimate of drug-likeness (QED) is 0.857. The van der Waals surface area contributed by atoms with E-state index in [9.17, 15) is 9.18 Å². The molecular formula is C8H8BrFN2O2. The third-order valence-electron chi connectivity index (χ3n) is 1.52. The monoisotopic (exact) mass is 262 g/mol. The summed E-state index contributed by atoms with van der Waals surface area (Å²) in [5, 5.41) is 2.15. The van der Waals surface area contributed by atoms with Crippen LogP contribution in [0.4, 0.5) is 14.9 Å². The number of ether oxygens (including phenoxy) is 1. The van der Waals surface area contributed by atoms with E-state index in [0.29, 0.717) is 10.2 Å². The lowest BCUT2D eigenvalue weighted by molar-refractivity contribution is 0.259. The minimum absolute atomic E-state index is 0.0307. The number of anilines is 1. The molecule has 0 aromatic heterocycles. The molecule has 1 aromatic carbocycles. The smallest absolute Gasteiger partial charge is 0.316 e. The largest absolute Gasteiger partial charge is 0.495 e. The first kappa shape index (κ1) is 10.8. The lowest BCUT2D eigenvalue weighted by Crippen LogP contribution is -2.20. The van der Waals surface area contributed by atoms with Crippen LogP contribution >= 0.6 is 15.9 Å². The Morgan fingerprint density at radius 2 is 2.29 bits per heavy atom. The maximum absolute atomic E-state index is 13.2. The van der Waals surface area contributed by atoms with Crippen molar-refractivity contribution in [2.45, 2.75) is 0 Å². The second kappa shape index (κ2) is 4.28. The fourth-order valence-electron chi connectivity index (χ4n) is 0.929. The van der Waals surface area contributed by atoms with E-state index in [1.165, 1.54) is 19.2 Å². The summed E-state index contributed by atoms with van der Waals surface area (Å²) in [6, 6.07) is 1.78. The van der Waals surface area contributed by atoms with Crippen molar-refractivity contribution < 1.29 is 13.9 Å². The van der Waals surface area contributed by atoms with Gasteiger partial charge in [0.1, 0.15) is 11.6 Å². The van der Waals surface area contributed by atoms with Crippen molar-refractivity contribution in [2.24, 2.45) is 5.73 Å². The number of nitrogens with two attached hydrogens (primary N) is 1. The van der Waals surface area contributed by atoms with Crippen LogP contribution in [0.3, 0.4) is 0 Å². The van der Waals surface area contributed by atoms with Crippen LogP contribution in [0.15, 0.2) is 16.6 Å². The molecule has 14 heavy (non-hydrogen) atoms. The number of benzene rings is 1. The molecule has 2 amide bonds. The van der Waals surface area contributed by atoms with E-state index in [0.717, 1.165) is 0 Å². The van der Waals surface area contributed by atoms with E-state index in [4.69, 9.17) is 10.5 Å². The number of amides is 2. The average Bonchev–Trinajstić information content (AvgIpc) is 2.12. The van der Waals surface area contributed by atoms with E-state index in [2.05, 4.69) is 21.2 Å². The van der Waals surface area contributed by atoms with Crippen molar-refractivity contribution in [3.8, 4) is 5.75 Å². The molecule has 0 heterocycles. The minimum Gasteiger partial charge on any atom is -0.495 e. The Bertz CT molecular complexity index is 371. The highest BCUT2D eigenvalue weighted by atomic mass is 79.9. The number of hydrogen-bond acceptors (Lipinski definition) is 2. The van der Waals surface area contributed by atoms with Gasteiger partial charge in [0.2, 0.25) is 0 Å². The summed E-state index contributed by atoms with van der Waals surface area (Å²) in [5.74, 6) is -0.174. The summed E-state index contributed by atoms with van der Waals surface area (Å²) >= 11 is 3.09. The lowest BCUT2D eigenvalue weighted by atomic mass is 10.3. The molecule has 4 nitrogen and oxygen atoms in total. The van der Waals surface area contributed by atoms with Crippen LogP contribution in [0.1, 0.15) is 0 Å². The van der Waals surface area contributed by atoms with Gasteiger partial charge in [-0.3, -0.25) is 0 Å². The first-order chi connectivity index (χ1) is 6.56. The van der Waals surface area contributed by atoms with Gasteiger partial charge in [-0.1, -0.05) is 0 Å². The van der Waals surface area contributed by atoms with E-state index in [1.807, 2.05) is 0 Å². The number of rotatable bonds is 2. The Balaban J connectivity index is 3.18. The Morgan fingerprint density at radius 3 is 2.79 bits per heavy atom. The van der Waals surface area contributed by atoms with Gasteiger partial charge in [0.15, 0.2) is 0 Å². The predicted octanol–water partition coefficient (Wildman–Crippen LogP) is 2.09. The molecule has 76 valence electrons. The van der Waals surface area contributed by atoms with Crippen molar-refractivity contribution in [2.75, 3.05) is 12.4 Å². The van der Waals surface area contributed by atoms with Crippen LogP contribution in [0, 0.1) is 5.82 Å². The number of carbonyl (C=O) groups excluding carboxylic acids is 1. The summed E-state index contributed by atoms with van der Waals surface area (Å²) in [6.07, 6.45) is 0. The molecule has 0 radical (unpaired) electrons. The van der Waals surface area contributed by atoms with Crippen LogP contribution in [-0.4, -0.2) is 13.1 Å². The lowest BCUT2D eigenvalue weighted by Gasteiger charge is -2.09. The average molecular weight is 263 g/mol. The molecule has 3 N–H and O–H groups in total. The van der Waals surface area contributed by atoms with Crippen molar-refractivity contribution in [3.63, 3.8) is 0 Å². The van der Waals surface area contributed by atoms with Gasteiger partial charge >= 0.3 is 6.03 Å². The number of carbonyl (C=O) groups is 1. The second-order valence-electron chi connectivity index (χ2n) is 2.43. The van der Waals surface area contributed by atoms with Crippen LogP contribution in [0.5, 0.6) is 5.75 Å². The van der Waals surface area contributed by atoms with Crippen molar-refractivity contribution in [1.29, 1.82) is 0 Å². The fourth-order valence-corrected chi connectivity index (χ4v) is 1.51. The van der Waals surface area contributed by atoms with Gasteiger partial charge in [-0.2, -0.15) is 0 Å². The molecule has 0 aliphatic rings. The zero-order chi connectivity index (χ0) is 10.7. The molecule has 0 atom stereocenters. The first-order valence-electron chi connectivity index (χ1n) is 3.64. The minimum atomic E-state index is -0.835. The third-order valence-corrected chi connectivity index (χ3v) is 2.31. The molecule has 1 aromatic rings. The Morgan fingerprint density at radius 1 is 1.64 bits per heavy atom. The molecular weight excluding hydrogens is 255 g/mol. The summed E-state index contributed by atoms with van der Waals surface area (Å²) in [6.45, 7) is 0. The van der Waals surface area contributed by atoms with E-state index in [1.54, 1.807) is 0 Å². The Labute approximate surface area is 88.4 Å². The second-order valence-corrected chi connectivity index (χ2v) is 3.22. The van der Waals surface area contributed by atoms with Crippen molar-refractivity contribution in [3.05, 3.63) is 22.4 Å². The Kier molecular flexibility index (Phi) is 3.29. The van der Waals surface area contributed by atoms with Crippen LogP contribution in [0.25, 0.3) is 0 Å². The van der Waals surface area contributed by atoms with Gasteiger partial charge in [-0.15, -0.1) is 0 Å². The normalized spacial score (nSPS) is 9.64. The summed E-state index contributed by atoms with van der Waals surface area (Å²) in [7, 11) is 1.44. The molecule has 0 aliphatic carbocycles.